The molecule has 10 N–H and O–H groups in total. The molecule has 70 heavy (non-hydrogen) atoms. The number of aliphatic hydroxyl groups excluding tert-OH is 8. The van der Waals surface area contributed by atoms with Crippen molar-refractivity contribution in [1.29, 1.82) is 0 Å². The number of aliphatic hydroxyl groups is 8. The Bertz CT molecular complexity index is 1900. The molecule has 26 atom stereocenters. The summed E-state index contributed by atoms with van der Waals surface area (Å²) < 4.78 is 72.6. The second-order valence-electron chi connectivity index (χ2n) is 22.2. The van der Waals surface area contributed by atoms with Crippen molar-refractivity contribution in [2.24, 2.45) is 34.5 Å². The largest absolute Gasteiger partial charge is 0.470 e. The maximum atomic E-state index is 12.8. The van der Waals surface area contributed by atoms with Crippen molar-refractivity contribution in [1.82, 2.24) is 0 Å². The van der Waals surface area contributed by atoms with E-state index >= 15 is 0 Å². The molecule has 0 aromatic heterocycles. The molecule has 4 aliphatic carbocycles. The maximum Gasteiger partial charge on any atom is 0.470 e. The van der Waals surface area contributed by atoms with Crippen LogP contribution in [0, 0.1) is 34.5 Å². The first kappa shape index (κ1) is 53.5. The Hall–Kier alpha value is -1.32. The number of hydrogen-bond donors (Lipinski definition) is 10. The Kier molecular flexibility index (Phi) is 15.5. The lowest BCUT2D eigenvalue weighted by Gasteiger charge is -2.66. The number of carbonyl (C=O) groups excluding carboxylic acids is 1. The van der Waals surface area contributed by atoms with Crippen LogP contribution < -0.4 is 0 Å². The highest BCUT2D eigenvalue weighted by atomic mass is 31.2. The maximum absolute atomic E-state index is 12.8. The number of rotatable bonds is 12. The minimum atomic E-state index is -5.01. The molecule has 22 nitrogen and oxygen atoms in total. The van der Waals surface area contributed by atoms with Crippen molar-refractivity contribution in [3.05, 3.63) is 11.6 Å². The molecule has 4 saturated carbocycles. The zero-order valence-corrected chi connectivity index (χ0v) is 41.3. The van der Waals surface area contributed by atoms with E-state index in [0.29, 0.717) is 38.5 Å². The molecule has 5 aliphatic heterocycles. The topological polar surface area (TPSA) is 329 Å². The van der Waals surface area contributed by atoms with Crippen molar-refractivity contribution in [3.63, 3.8) is 0 Å². The number of esters is 1. The predicted octanol–water partition coefficient (Wildman–Crippen LogP) is 0.159. The van der Waals surface area contributed by atoms with Gasteiger partial charge in [-0.1, -0.05) is 13.8 Å². The lowest BCUT2D eigenvalue weighted by Crippen LogP contribution is -2.67. The smallest absolute Gasteiger partial charge is 0.458 e. The van der Waals surface area contributed by atoms with Gasteiger partial charge in [-0.05, 0) is 107 Å². The van der Waals surface area contributed by atoms with Crippen LogP contribution in [0.3, 0.4) is 0 Å². The van der Waals surface area contributed by atoms with Gasteiger partial charge in [-0.25, -0.2) is 9.36 Å². The van der Waals surface area contributed by atoms with Gasteiger partial charge >= 0.3 is 13.8 Å². The molecule has 9 aliphatic rings. The summed E-state index contributed by atoms with van der Waals surface area (Å²) in [5, 5.41) is 86.1. The average Bonchev–Trinajstić information content (AvgIpc) is 3.84. The molecule has 0 unspecified atom stereocenters. The van der Waals surface area contributed by atoms with Crippen molar-refractivity contribution < 1.29 is 107 Å². The Labute approximate surface area is 407 Å². The molecule has 0 aromatic carbocycles. The number of cyclic esters (lactones) is 1. The van der Waals surface area contributed by atoms with E-state index in [1.54, 1.807) is 20.8 Å². The lowest BCUT2D eigenvalue weighted by molar-refractivity contribution is -0.355. The lowest BCUT2D eigenvalue weighted by atomic mass is 9.42. The molecule has 8 fully saturated rings. The first-order valence-corrected chi connectivity index (χ1v) is 26.7. The van der Waals surface area contributed by atoms with Crippen molar-refractivity contribution in [2.45, 2.75) is 228 Å². The first-order chi connectivity index (χ1) is 33.0. The summed E-state index contributed by atoms with van der Waals surface area (Å²) in [4.78, 5) is 32.9. The van der Waals surface area contributed by atoms with Crippen molar-refractivity contribution in [3.8, 4) is 0 Å². The minimum absolute atomic E-state index is 0.0138. The highest BCUT2D eigenvalue weighted by molar-refractivity contribution is 7.46. The van der Waals surface area contributed by atoms with Gasteiger partial charge in [0, 0.05) is 30.8 Å². The number of phosphoric ester groups is 1. The first-order valence-electron chi connectivity index (χ1n) is 25.2. The van der Waals surface area contributed by atoms with Crippen LogP contribution in [-0.4, -0.2) is 192 Å². The van der Waals surface area contributed by atoms with E-state index in [4.69, 9.17) is 47.2 Å². The molecule has 4 saturated heterocycles. The molecule has 0 aromatic rings. The van der Waals surface area contributed by atoms with E-state index in [0.717, 1.165) is 18.4 Å². The van der Waals surface area contributed by atoms with Gasteiger partial charge in [0.15, 0.2) is 25.2 Å². The molecule has 0 bridgehead atoms. The second-order valence-corrected chi connectivity index (χ2v) is 23.3. The predicted molar refractivity (Wildman–Crippen MR) is 236 cm³/mol. The summed E-state index contributed by atoms with van der Waals surface area (Å²) in [7, 11) is -5.01. The van der Waals surface area contributed by atoms with E-state index < -0.39 is 142 Å². The van der Waals surface area contributed by atoms with Gasteiger partial charge in [0.2, 0.25) is 0 Å². The Balaban J connectivity index is 0.759. The molecule has 0 radical (unpaired) electrons. The van der Waals surface area contributed by atoms with E-state index in [-0.39, 0.29) is 61.1 Å². The number of ether oxygens (including phenoxy) is 9. The fraction of sp³-hybridized carbons (Fsp3) is 0.936. The Morgan fingerprint density at radius 3 is 1.77 bits per heavy atom. The fourth-order valence-electron chi connectivity index (χ4n) is 14.7. The number of hydrogen-bond acceptors (Lipinski definition) is 20. The van der Waals surface area contributed by atoms with Crippen LogP contribution in [0.15, 0.2) is 11.6 Å². The van der Waals surface area contributed by atoms with Gasteiger partial charge in [-0.2, -0.15) is 0 Å². The monoisotopic (exact) mass is 1020 g/mol. The van der Waals surface area contributed by atoms with Gasteiger partial charge in [-0.3, -0.25) is 4.52 Å². The molecule has 9 rings (SSSR count). The molecule has 0 spiro atoms. The SMILES string of the molecule is C[C@H]1O[C@@H](O[C@H]2CC[C@@]3(C)[C@H](CC[C@@H]4[C@@H]3C[C@@H](O)[C@]3(C)[C@@H](C5=CC(=O)OC5)CC[C@]43OP(=O)(O)O)C2)C[C@H](O)[C@@H]1O[C@H]1C[C@H](O)[C@H](O[C@H]2C[C@H](O)[C@H](O[C@@H]3O[C@H](CO)[C@@H](O)[C@H](O)[C@H]3O)[C@@H](C)O2)[C@@H](C)O1. The van der Waals surface area contributed by atoms with Crippen LogP contribution in [0.2, 0.25) is 0 Å². The minimum Gasteiger partial charge on any atom is -0.458 e. The number of phosphoric acid groups is 1. The zero-order valence-electron chi connectivity index (χ0n) is 40.4. The van der Waals surface area contributed by atoms with Crippen LogP contribution in [0.4, 0.5) is 0 Å². The number of carbonyl (C=O) groups is 1. The summed E-state index contributed by atoms with van der Waals surface area (Å²) in [5.74, 6) is -0.948. The molecule has 23 heteroatoms. The standard InChI is InChI=1S/C47H75O22P/c1-20-41(66-36-16-30(50)42(21(2)62-36)67-37-17-31(51)43(22(3)63-37)68-44-40(56)39(55)38(54)32(18-48)65-44)29(49)15-35(61-20)64-25-8-10-45(4)24(13-25)6-7-27-28(45)14-33(52)46(5)26(23-12-34(53)60-19-23)9-11-47(27,46)69-70(57,58)59/h12,20-22,24-33,35-44,48-52,54-56H,6-11,13-19H2,1-5H3,(H2,57,58,59)/t20-,21-,22-,24-,25+,26-,27-,28+,29+,30+,31+,32-,33-,35+,36+,37+,38-,39+,40-,41-,42-,43-,44+,45+,46+,47+/m1/s1. The van der Waals surface area contributed by atoms with Gasteiger partial charge in [-0.15, -0.1) is 0 Å². The Morgan fingerprint density at radius 1 is 0.671 bits per heavy atom. The molecular formula is C47H75O22P. The third-order valence-corrected chi connectivity index (χ3v) is 18.9. The summed E-state index contributed by atoms with van der Waals surface area (Å²) in [6.07, 6.45) is -13.3. The van der Waals surface area contributed by atoms with E-state index in [9.17, 15) is 60.0 Å². The van der Waals surface area contributed by atoms with Gasteiger partial charge in [0.1, 0.15) is 49.3 Å². The third kappa shape index (κ3) is 9.76. The van der Waals surface area contributed by atoms with Crippen LogP contribution in [-0.2, 0) is 56.5 Å². The average molecular weight is 1020 g/mol. The normalized spacial score (nSPS) is 53.1. The van der Waals surface area contributed by atoms with Crippen molar-refractivity contribution in [2.75, 3.05) is 13.2 Å². The second kappa shape index (κ2) is 20.3. The van der Waals surface area contributed by atoms with Gasteiger partial charge in [0.05, 0.1) is 61.0 Å². The summed E-state index contributed by atoms with van der Waals surface area (Å²) in [6, 6.07) is 0. The molecular weight excluding hydrogens is 947 g/mol. The van der Waals surface area contributed by atoms with E-state index in [1.165, 1.54) is 6.08 Å². The summed E-state index contributed by atoms with van der Waals surface area (Å²) >= 11 is 0. The highest BCUT2D eigenvalue weighted by Crippen LogP contribution is 2.73. The van der Waals surface area contributed by atoms with Crippen molar-refractivity contribution >= 4 is 13.8 Å². The highest BCUT2D eigenvalue weighted by Gasteiger charge is 2.73. The summed E-state index contributed by atoms with van der Waals surface area (Å²) in [6.45, 7) is 8.62. The van der Waals surface area contributed by atoms with E-state index in [2.05, 4.69) is 6.92 Å². The van der Waals surface area contributed by atoms with Crippen LogP contribution in [0.25, 0.3) is 0 Å². The van der Waals surface area contributed by atoms with Gasteiger partial charge < -0.3 is 93.3 Å². The van der Waals surface area contributed by atoms with E-state index in [1.807, 2.05) is 6.92 Å². The molecule has 5 heterocycles. The molecule has 0 amide bonds. The quantitative estimate of drug-likeness (QED) is 0.0707. The van der Waals surface area contributed by atoms with Crippen LogP contribution in [0.5, 0.6) is 0 Å². The molecule has 400 valence electrons. The Morgan fingerprint density at radius 2 is 1.24 bits per heavy atom. The van der Waals surface area contributed by atoms with Gasteiger partial charge in [0.25, 0.3) is 0 Å². The van der Waals surface area contributed by atoms with Crippen LogP contribution in [0.1, 0.15) is 105 Å². The summed E-state index contributed by atoms with van der Waals surface area (Å²) in [5.41, 5.74) is -1.93. The fourth-order valence-corrected chi connectivity index (χ4v) is 15.5. The van der Waals surface area contributed by atoms with Crippen LogP contribution >= 0.6 is 7.82 Å². The number of fused-ring (bicyclic) bond motifs is 5. The zero-order chi connectivity index (χ0) is 50.4. The third-order valence-electron chi connectivity index (χ3n) is 18.3.